The number of hydrogen-bond donors (Lipinski definition) is 2. The Kier molecular flexibility index (Phi) is 1.84. The molecule has 2 rings (SSSR count). The van der Waals surface area contributed by atoms with Gasteiger partial charge in [-0.3, -0.25) is 0 Å². The molecule has 0 saturated carbocycles. The summed E-state index contributed by atoms with van der Waals surface area (Å²) >= 11 is 0. The van der Waals surface area contributed by atoms with Crippen LogP contribution in [0.2, 0.25) is 0 Å². The van der Waals surface area contributed by atoms with E-state index in [0.29, 0.717) is 5.71 Å². The molecule has 13 heavy (non-hydrogen) atoms. The van der Waals surface area contributed by atoms with E-state index >= 15 is 0 Å². The molecule has 0 fully saturated rings. The second-order valence-corrected chi connectivity index (χ2v) is 2.99. The van der Waals surface area contributed by atoms with E-state index in [4.69, 9.17) is 10.9 Å². The zero-order valence-electron chi connectivity index (χ0n) is 7.06. The average Bonchev–Trinajstić information content (AvgIpc) is 2.16. The van der Waals surface area contributed by atoms with Gasteiger partial charge < -0.3 is 10.9 Å². The molecule has 0 amide bonds. The highest BCUT2D eigenvalue weighted by Gasteiger charge is 2.17. The van der Waals surface area contributed by atoms with Crippen molar-refractivity contribution in [3.8, 4) is 0 Å². The maximum Gasteiger partial charge on any atom is 0.220 e. The lowest BCUT2D eigenvalue weighted by molar-refractivity contribution is 0.317. The highest BCUT2D eigenvalue weighted by atomic mass is 16.4. The highest BCUT2D eigenvalue weighted by molar-refractivity contribution is 6.01. The van der Waals surface area contributed by atoms with Crippen LogP contribution in [0.5, 0.6) is 0 Å². The van der Waals surface area contributed by atoms with E-state index in [-0.39, 0.29) is 5.95 Å². The molecule has 0 aliphatic heterocycles. The van der Waals surface area contributed by atoms with E-state index in [9.17, 15) is 0 Å². The highest BCUT2D eigenvalue weighted by Crippen LogP contribution is 2.19. The number of fused-ring (bicyclic) bond motifs is 1. The van der Waals surface area contributed by atoms with E-state index in [1.807, 2.05) is 0 Å². The fraction of sp³-hybridized carbons (Fsp3) is 0.375. The zero-order valence-corrected chi connectivity index (χ0v) is 7.06. The summed E-state index contributed by atoms with van der Waals surface area (Å²) in [6.45, 7) is 0. The average molecular weight is 178 g/mol. The number of anilines is 1. The van der Waals surface area contributed by atoms with Gasteiger partial charge in [0.1, 0.15) is 0 Å². The number of aromatic nitrogens is 2. The molecule has 5 heteroatoms. The van der Waals surface area contributed by atoms with Crippen LogP contribution in [0, 0.1) is 0 Å². The minimum absolute atomic E-state index is 0.276. The van der Waals surface area contributed by atoms with Crippen molar-refractivity contribution in [1.82, 2.24) is 9.97 Å². The molecule has 0 unspecified atom stereocenters. The van der Waals surface area contributed by atoms with Gasteiger partial charge in [-0.05, 0) is 19.3 Å². The summed E-state index contributed by atoms with van der Waals surface area (Å²) in [5.41, 5.74) is 7.80. The lowest BCUT2D eigenvalue weighted by Crippen LogP contribution is -2.15. The predicted molar refractivity (Wildman–Crippen MR) is 47.7 cm³/mol. The monoisotopic (exact) mass is 178 g/mol. The van der Waals surface area contributed by atoms with Gasteiger partial charge in [0.25, 0.3) is 0 Å². The van der Waals surface area contributed by atoms with Gasteiger partial charge in [0.05, 0.1) is 11.4 Å². The van der Waals surface area contributed by atoms with Crippen molar-refractivity contribution in [2.45, 2.75) is 19.3 Å². The molecule has 0 saturated heterocycles. The summed E-state index contributed by atoms with van der Waals surface area (Å²) in [6, 6.07) is 0. The van der Waals surface area contributed by atoms with Crippen molar-refractivity contribution >= 4 is 11.7 Å². The number of nitrogens with two attached hydrogens (primary N) is 1. The van der Waals surface area contributed by atoms with E-state index in [1.54, 1.807) is 6.20 Å². The van der Waals surface area contributed by atoms with Gasteiger partial charge in [-0.2, -0.15) is 0 Å². The summed E-state index contributed by atoms with van der Waals surface area (Å²) in [4.78, 5) is 7.95. The van der Waals surface area contributed by atoms with Gasteiger partial charge in [0, 0.05) is 11.8 Å². The molecule has 3 N–H and O–H groups in total. The molecule has 0 spiro atoms. The van der Waals surface area contributed by atoms with E-state index in [0.717, 1.165) is 30.5 Å². The first-order valence-electron chi connectivity index (χ1n) is 4.14. The molecule has 1 heterocycles. The zero-order chi connectivity index (χ0) is 9.26. The maximum atomic E-state index is 8.71. The van der Waals surface area contributed by atoms with Crippen molar-refractivity contribution in [1.29, 1.82) is 0 Å². The molecule has 0 bridgehead atoms. The fourth-order valence-corrected chi connectivity index (χ4v) is 1.53. The molecule has 0 aromatic carbocycles. The fourth-order valence-electron chi connectivity index (χ4n) is 1.53. The molecule has 0 radical (unpaired) electrons. The molecular formula is C8H10N4O. The first-order valence-corrected chi connectivity index (χ1v) is 4.14. The summed E-state index contributed by atoms with van der Waals surface area (Å²) in [5, 5.41) is 11.9. The normalized spacial score (nSPS) is 18.6. The Morgan fingerprint density at radius 3 is 3.08 bits per heavy atom. The van der Waals surface area contributed by atoms with Crippen molar-refractivity contribution in [3.05, 3.63) is 17.5 Å². The number of hydrogen-bond acceptors (Lipinski definition) is 5. The van der Waals surface area contributed by atoms with Gasteiger partial charge in [-0.25, -0.2) is 9.97 Å². The number of nitrogen functional groups attached to an aromatic ring is 1. The van der Waals surface area contributed by atoms with Crippen LogP contribution in [0.4, 0.5) is 5.95 Å². The van der Waals surface area contributed by atoms with Crippen molar-refractivity contribution in [3.63, 3.8) is 0 Å². The molecule has 1 aromatic heterocycles. The minimum atomic E-state index is 0.276. The van der Waals surface area contributed by atoms with Crippen LogP contribution in [-0.2, 0) is 6.42 Å². The first kappa shape index (κ1) is 7.97. The quantitative estimate of drug-likeness (QED) is 0.449. The molecule has 0 atom stereocenters. The van der Waals surface area contributed by atoms with E-state index < -0.39 is 0 Å². The Labute approximate surface area is 75.3 Å². The molecule has 68 valence electrons. The lowest BCUT2D eigenvalue weighted by atomic mass is 9.95. The van der Waals surface area contributed by atoms with Crippen LogP contribution < -0.4 is 5.73 Å². The minimum Gasteiger partial charge on any atom is -0.411 e. The third-order valence-corrected chi connectivity index (χ3v) is 2.15. The number of rotatable bonds is 0. The standard InChI is InChI=1S/C8H10N4O/c9-8-10-4-5-6(11-8)2-1-3-7(5)12-13/h4,13H,1-3H2,(H2,9,10,11). The number of oxime groups is 1. The third kappa shape index (κ3) is 1.32. The van der Waals surface area contributed by atoms with Crippen LogP contribution in [0.25, 0.3) is 0 Å². The van der Waals surface area contributed by atoms with Crippen LogP contribution in [0.3, 0.4) is 0 Å². The third-order valence-electron chi connectivity index (χ3n) is 2.15. The number of aryl methyl sites for hydroxylation is 1. The maximum absolute atomic E-state index is 8.71. The van der Waals surface area contributed by atoms with Crippen molar-refractivity contribution < 1.29 is 5.21 Å². The van der Waals surface area contributed by atoms with E-state index in [2.05, 4.69) is 15.1 Å². The predicted octanol–water partition coefficient (Wildman–Crippen LogP) is 0.573. The molecule has 1 aliphatic rings. The Bertz CT molecular complexity index is 361. The Hall–Kier alpha value is -1.65. The molecular weight excluding hydrogens is 168 g/mol. The molecule has 1 aliphatic carbocycles. The first-order chi connectivity index (χ1) is 6.31. The van der Waals surface area contributed by atoms with Crippen molar-refractivity contribution in [2.75, 3.05) is 5.73 Å². The Morgan fingerprint density at radius 2 is 2.31 bits per heavy atom. The summed E-state index contributed by atoms with van der Waals surface area (Å²) in [5.74, 6) is 0.276. The molecule has 5 nitrogen and oxygen atoms in total. The van der Waals surface area contributed by atoms with E-state index in [1.165, 1.54) is 0 Å². The van der Waals surface area contributed by atoms with Gasteiger partial charge in [-0.15, -0.1) is 0 Å². The largest absolute Gasteiger partial charge is 0.411 e. The van der Waals surface area contributed by atoms with Crippen LogP contribution in [-0.4, -0.2) is 20.9 Å². The smallest absolute Gasteiger partial charge is 0.220 e. The van der Waals surface area contributed by atoms with Gasteiger partial charge in [-0.1, -0.05) is 5.16 Å². The van der Waals surface area contributed by atoms with Gasteiger partial charge in [0.15, 0.2) is 0 Å². The van der Waals surface area contributed by atoms with Crippen LogP contribution in [0.15, 0.2) is 11.4 Å². The SMILES string of the molecule is Nc1ncc2c(n1)CCCC2=NO. The van der Waals surface area contributed by atoms with Gasteiger partial charge >= 0.3 is 0 Å². The Balaban J connectivity index is 2.52. The Morgan fingerprint density at radius 1 is 1.46 bits per heavy atom. The van der Waals surface area contributed by atoms with Gasteiger partial charge in [0.2, 0.25) is 5.95 Å². The second-order valence-electron chi connectivity index (χ2n) is 2.99. The number of nitrogens with zero attached hydrogens (tertiary/aromatic N) is 3. The summed E-state index contributed by atoms with van der Waals surface area (Å²) < 4.78 is 0. The van der Waals surface area contributed by atoms with Crippen molar-refractivity contribution in [2.24, 2.45) is 5.16 Å². The van der Waals surface area contributed by atoms with Crippen LogP contribution >= 0.6 is 0 Å². The summed E-state index contributed by atoms with van der Waals surface area (Å²) in [6.07, 6.45) is 4.21. The second kappa shape index (κ2) is 3.01. The molecule has 1 aromatic rings. The van der Waals surface area contributed by atoms with Crippen LogP contribution in [0.1, 0.15) is 24.1 Å². The summed E-state index contributed by atoms with van der Waals surface area (Å²) in [7, 11) is 0. The topological polar surface area (TPSA) is 84.4 Å². The lowest BCUT2D eigenvalue weighted by Gasteiger charge is -2.14.